The van der Waals surface area contributed by atoms with E-state index in [4.69, 9.17) is 4.52 Å². The Hall–Kier alpha value is -2.96. The Morgan fingerprint density at radius 2 is 2.04 bits per heavy atom. The van der Waals surface area contributed by atoms with E-state index in [1.54, 1.807) is 0 Å². The third-order valence-corrected chi connectivity index (χ3v) is 4.63. The highest BCUT2D eigenvalue weighted by Gasteiger charge is 2.18. The number of H-pyrrole nitrogens is 1. The topological polar surface area (TPSA) is 78.8 Å². The minimum absolute atomic E-state index is 0.319. The van der Waals surface area contributed by atoms with Crippen molar-refractivity contribution in [3.05, 3.63) is 60.3 Å². The van der Waals surface area contributed by atoms with Crippen LogP contribution in [0.2, 0.25) is 0 Å². The Morgan fingerprint density at radius 3 is 2.96 bits per heavy atom. The van der Waals surface area contributed by atoms with E-state index in [0.717, 1.165) is 35.0 Å². The van der Waals surface area contributed by atoms with Crippen molar-refractivity contribution in [1.29, 1.82) is 0 Å². The minimum Gasteiger partial charge on any atom is -0.361 e. The first-order valence-corrected chi connectivity index (χ1v) is 8.37. The highest BCUT2D eigenvalue weighted by molar-refractivity contribution is 5.93. The molecule has 124 valence electrons. The van der Waals surface area contributed by atoms with Crippen molar-refractivity contribution in [2.75, 3.05) is 6.54 Å². The molecule has 6 heteroatoms. The molecule has 0 amide bonds. The molecule has 0 radical (unpaired) electrons. The quantitative estimate of drug-likeness (QED) is 0.536. The van der Waals surface area contributed by atoms with Gasteiger partial charge in [-0.05, 0) is 36.2 Å². The van der Waals surface area contributed by atoms with Gasteiger partial charge in [-0.15, -0.1) is 0 Å². The summed E-state index contributed by atoms with van der Waals surface area (Å²) in [6, 6.07) is 16.6. The molecule has 1 aliphatic rings. The van der Waals surface area contributed by atoms with Crippen molar-refractivity contribution in [1.82, 2.24) is 26.0 Å². The molecule has 2 aromatic carbocycles. The Balaban J connectivity index is 1.52. The van der Waals surface area contributed by atoms with Crippen LogP contribution in [0.15, 0.2) is 59.3 Å². The number of nitrogens with zero attached hydrogens (tertiary/aromatic N) is 2. The highest BCUT2D eigenvalue weighted by Crippen LogP contribution is 2.29. The number of benzene rings is 2. The predicted molar refractivity (Wildman–Crippen MR) is 95.5 cm³/mol. The maximum absolute atomic E-state index is 5.54. The van der Waals surface area contributed by atoms with Crippen molar-refractivity contribution in [3.8, 4) is 22.8 Å². The van der Waals surface area contributed by atoms with Gasteiger partial charge >= 0.3 is 0 Å². The molecule has 0 spiro atoms. The number of hydrogen-bond donors (Lipinski definition) is 3. The molecular weight excluding hydrogens is 314 g/mol. The lowest BCUT2D eigenvalue weighted by Gasteiger charge is -2.10. The summed E-state index contributed by atoms with van der Waals surface area (Å²) in [5.41, 5.74) is 10.6. The second-order valence-corrected chi connectivity index (χ2v) is 6.21. The summed E-state index contributed by atoms with van der Waals surface area (Å²) in [6.07, 6.45) is 2.98. The largest absolute Gasteiger partial charge is 0.361 e. The number of nitrogens with one attached hydrogen (secondary N) is 3. The molecule has 1 aliphatic heterocycles. The van der Waals surface area contributed by atoms with Crippen molar-refractivity contribution >= 4 is 10.9 Å². The van der Waals surface area contributed by atoms with E-state index in [2.05, 4.69) is 38.1 Å². The van der Waals surface area contributed by atoms with E-state index >= 15 is 0 Å². The normalized spacial score (nSPS) is 17.4. The first-order chi connectivity index (χ1) is 12.4. The number of hydrazine groups is 1. The molecule has 4 aromatic rings. The zero-order valence-corrected chi connectivity index (χ0v) is 13.5. The summed E-state index contributed by atoms with van der Waals surface area (Å²) in [7, 11) is 0. The molecule has 1 unspecified atom stereocenters. The lowest BCUT2D eigenvalue weighted by atomic mass is 10.0. The molecule has 3 N–H and O–H groups in total. The van der Waals surface area contributed by atoms with Gasteiger partial charge in [0.15, 0.2) is 0 Å². The Morgan fingerprint density at radius 1 is 1.08 bits per heavy atom. The maximum Gasteiger partial charge on any atom is 0.258 e. The number of hydrogen-bond acceptors (Lipinski definition) is 5. The summed E-state index contributed by atoms with van der Waals surface area (Å²) < 4.78 is 5.54. The Labute approximate surface area is 144 Å². The first-order valence-electron chi connectivity index (χ1n) is 8.37. The van der Waals surface area contributed by atoms with Gasteiger partial charge in [-0.25, -0.2) is 0 Å². The zero-order valence-electron chi connectivity index (χ0n) is 13.5. The van der Waals surface area contributed by atoms with Crippen LogP contribution in [0.5, 0.6) is 0 Å². The van der Waals surface area contributed by atoms with Gasteiger partial charge in [0.1, 0.15) is 0 Å². The fourth-order valence-corrected chi connectivity index (χ4v) is 3.35. The second kappa shape index (κ2) is 5.84. The lowest BCUT2D eigenvalue weighted by Crippen LogP contribution is -2.24. The van der Waals surface area contributed by atoms with Crippen molar-refractivity contribution in [3.63, 3.8) is 0 Å². The molecule has 6 nitrogen and oxygen atoms in total. The smallest absolute Gasteiger partial charge is 0.258 e. The SMILES string of the molecule is c1cc(-c2noc(-c3cccc4[nH]ccc34)n2)cc(C2CCNN2)c1. The average molecular weight is 331 g/mol. The number of aromatic amines is 1. The fraction of sp³-hybridized carbons (Fsp3) is 0.158. The molecule has 25 heavy (non-hydrogen) atoms. The van der Waals surface area contributed by atoms with Gasteiger partial charge < -0.3 is 9.51 Å². The molecule has 0 saturated carbocycles. The predicted octanol–water partition coefficient (Wildman–Crippen LogP) is 3.42. The van der Waals surface area contributed by atoms with Crippen LogP contribution in [-0.2, 0) is 0 Å². The van der Waals surface area contributed by atoms with Crippen LogP contribution in [0.4, 0.5) is 0 Å². The van der Waals surface area contributed by atoms with Gasteiger partial charge in [-0.2, -0.15) is 4.98 Å². The van der Waals surface area contributed by atoms with Crippen LogP contribution < -0.4 is 10.9 Å². The average Bonchev–Trinajstić information content (AvgIpc) is 3.42. The van der Waals surface area contributed by atoms with Crippen LogP contribution >= 0.6 is 0 Å². The highest BCUT2D eigenvalue weighted by atomic mass is 16.5. The van der Waals surface area contributed by atoms with E-state index in [1.807, 2.05) is 42.6 Å². The van der Waals surface area contributed by atoms with Crippen LogP contribution in [-0.4, -0.2) is 21.7 Å². The summed E-state index contributed by atoms with van der Waals surface area (Å²) in [5, 5.41) is 5.27. The monoisotopic (exact) mass is 331 g/mol. The van der Waals surface area contributed by atoms with E-state index in [-0.39, 0.29) is 0 Å². The van der Waals surface area contributed by atoms with Crippen molar-refractivity contribution in [2.24, 2.45) is 0 Å². The van der Waals surface area contributed by atoms with Crippen LogP contribution in [0.1, 0.15) is 18.0 Å². The van der Waals surface area contributed by atoms with E-state index < -0.39 is 0 Å². The summed E-state index contributed by atoms with van der Waals surface area (Å²) >= 11 is 0. The van der Waals surface area contributed by atoms with Crippen LogP contribution in [0.25, 0.3) is 33.7 Å². The van der Waals surface area contributed by atoms with E-state index in [1.165, 1.54) is 5.56 Å². The second-order valence-electron chi connectivity index (χ2n) is 6.21. The standard InChI is InChI=1S/C19H17N5O/c1-3-12(16-8-10-21-23-16)11-13(4-1)18-22-19(25-24-18)15-5-2-6-17-14(15)7-9-20-17/h1-7,9,11,16,20-21,23H,8,10H2. The molecule has 5 rings (SSSR count). The molecule has 0 aliphatic carbocycles. The van der Waals surface area contributed by atoms with Gasteiger partial charge in [0.25, 0.3) is 5.89 Å². The van der Waals surface area contributed by atoms with Crippen molar-refractivity contribution < 1.29 is 4.52 Å². The maximum atomic E-state index is 5.54. The molecule has 1 atom stereocenters. The summed E-state index contributed by atoms with van der Waals surface area (Å²) in [5.74, 6) is 1.14. The number of fused-ring (bicyclic) bond motifs is 1. The van der Waals surface area contributed by atoms with E-state index in [0.29, 0.717) is 17.8 Å². The Bertz CT molecular complexity index is 1030. The number of rotatable bonds is 3. The molecule has 0 bridgehead atoms. The minimum atomic E-state index is 0.319. The third kappa shape index (κ3) is 2.52. The van der Waals surface area contributed by atoms with Gasteiger partial charge in [0.05, 0.1) is 0 Å². The summed E-state index contributed by atoms with van der Waals surface area (Å²) in [4.78, 5) is 7.82. The molecule has 2 aromatic heterocycles. The zero-order chi connectivity index (χ0) is 16.6. The fourth-order valence-electron chi connectivity index (χ4n) is 3.35. The Kier molecular flexibility index (Phi) is 3.36. The van der Waals surface area contributed by atoms with Crippen LogP contribution in [0.3, 0.4) is 0 Å². The van der Waals surface area contributed by atoms with Gasteiger partial charge in [0.2, 0.25) is 5.82 Å². The van der Waals surface area contributed by atoms with Crippen molar-refractivity contribution in [2.45, 2.75) is 12.5 Å². The van der Waals surface area contributed by atoms with Gasteiger partial charge in [-0.3, -0.25) is 10.9 Å². The van der Waals surface area contributed by atoms with Gasteiger partial charge in [0, 0.05) is 40.8 Å². The molecule has 1 saturated heterocycles. The lowest BCUT2D eigenvalue weighted by molar-refractivity contribution is 0.432. The number of aromatic nitrogens is 3. The summed E-state index contributed by atoms with van der Waals surface area (Å²) in [6.45, 7) is 0.974. The van der Waals surface area contributed by atoms with Crippen LogP contribution in [0, 0.1) is 0 Å². The van der Waals surface area contributed by atoms with Gasteiger partial charge in [-0.1, -0.05) is 29.4 Å². The molecular formula is C19H17N5O. The van der Waals surface area contributed by atoms with E-state index in [9.17, 15) is 0 Å². The third-order valence-electron chi connectivity index (χ3n) is 4.63. The molecule has 1 fully saturated rings. The molecule has 3 heterocycles. The first kappa shape index (κ1) is 14.4.